The third-order valence-electron chi connectivity index (χ3n) is 5.89. The Balaban J connectivity index is 1.33. The molecular weight excluding hydrogens is 487 g/mol. The summed E-state index contributed by atoms with van der Waals surface area (Å²) in [5.41, 5.74) is 1.62. The maximum atomic E-state index is 14.1. The average molecular weight is 511 g/mol. The summed E-state index contributed by atoms with van der Waals surface area (Å²) in [5, 5.41) is 11.3. The molecule has 0 saturated carbocycles. The van der Waals surface area contributed by atoms with E-state index in [0.717, 1.165) is 18.2 Å². The summed E-state index contributed by atoms with van der Waals surface area (Å²) in [5.74, 6) is 0.221. The number of benzene rings is 2. The highest BCUT2D eigenvalue weighted by atomic mass is 35.5. The quantitative estimate of drug-likeness (QED) is 0.390. The molecular formula is C25H24ClFN6O3. The van der Waals surface area contributed by atoms with E-state index in [1.165, 1.54) is 12.1 Å². The molecule has 0 bridgehead atoms. The zero-order chi connectivity index (χ0) is 25.1. The largest absolute Gasteiger partial charge is 0.413 e. The molecule has 2 aromatic heterocycles. The second-order valence-corrected chi connectivity index (χ2v) is 8.91. The molecule has 5 rings (SSSR count). The first-order valence-corrected chi connectivity index (χ1v) is 11.9. The van der Waals surface area contributed by atoms with E-state index in [2.05, 4.69) is 25.7 Å². The van der Waals surface area contributed by atoms with Crippen molar-refractivity contribution in [1.82, 2.24) is 25.1 Å². The van der Waals surface area contributed by atoms with E-state index in [0.29, 0.717) is 41.7 Å². The molecule has 1 fully saturated rings. The predicted molar refractivity (Wildman–Crippen MR) is 133 cm³/mol. The maximum absolute atomic E-state index is 14.1. The van der Waals surface area contributed by atoms with Gasteiger partial charge in [-0.3, -0.25) is 4.68 Å². The first kappa shape index (κ1) is 24.0. The number of aromatic nitrogens is 4. The van der Waals surface area contributed by atoms with Crippen LogP contribution in [0.25, 0.3) is 10.9 Å². The fourth-order valence-corrected chi connectivity index (χ4v) is 4.14. The smallest absolute Gasteiger partial charge is 0.410 e. The van der Waals surface area contributed by atoms with E-state index in [4.69, 9.17) is 21.1 Å². The molecule has 11 heteroatoms. The Labute approximate surface area is 211 Å². The van der Waals surface area contributed by atoms with Crippen molar-refractivity contribution in [3.05, 3.63) is 77.0 Å². The Morgan fingerprint density at radius 3 is 2.81 bits per heavy atom. The number of anilines is 1. The first-order chi connectivity index (χ1) is 17.4. The lowest BCUT2D eigenvalue weighted by molar-refractivity contribution is 0.0903. The Hall–Kier alpha value is -3.76. The second kappa shape index (κ2) is 10.5. The Morgan fingerprint density at radius 2 is 2.06 bits per heavy atom. The number of amides is 1. The van der Waals surface area contributed by atoms with Gasteiger partial charge in [-0.15, -0.1) is 0 Å². The lowest BCUT2D eigenvalue weighted by atomic mass is 10.0. The van der Waals surface area contributed by atoms with Gasteiger partial charge in [0.2, 0.25) is 5.95 Å². The van der Waals surface area contributed by atoms with Gasteiger partial charge in [0.05, 0.1) is 16.2 Å². The van der Waals surface area contributed by atoms with Crippen LogP contribution >= 0.6 is 11.6 Å². The van der Waals surface area contributed by atoms with E-state index >= 15 is 0 Å². The van der Waals surface area contributed by atoms with Gasteiger partial charge in [0.15, 0.2) is 0 Å². The summed E-state index contributed by atoms with van der Waals surface area (Å²) < 4.78 is 26.7. The van der Waals surface area contributed by atoms with Crippen LogP contribution in [0.15, 0.2) is 54.9 Å². The molecule has 4 aromatic rings. The number of rotatable bonds is 6. The lowest BCUT2D eigenvalue weighted by Gasteiger charge is -2.23. The topological polar surface area (TPSA) is 103 Å². The molecule has 0 spiro atoms. The molecule has 36 heavy (non-hydrogen) atoms. The minimum absolute atomic E-state index is 0.00932. The van der Waals surface area contributed by atoms with Crippen molar-refractivity contribution in [3.63, 3.8) is 0 Å². The molecule has 2 N–H and O–H groups in total. The minimum Gasteiger partial charge on any atom is -0.410 e. The normalized spacial score (nSPS) is 15.0. The van der Waals surface area contributed by atoms with Gasteiger partial charge in [-0.2, -0.15) is 5.10 Å². The van der Waals surface area contributed by atoms with Crippen molar-refractivity contribution in [2.75, 3.05) is 18.5 Å². The number of hydrogen-bond acceptors (Lipinski definition) is 7. The average Bonchev–Trinajstić information content (AvgIpc) is 3.30. The number of hydrogen-bond donors (Lipinski definition) is 2. The van der Waals surface area contributed by atoms with Crippen LogP contribution in [0.4, 0.5) is 15.1 Å². The number of nitrogens with zero attached hydrogens (tertiary/aromatic N) is 4. The van der Waals surface area contributed by atoms with Gasteiger partial charge in [0.1, 0.15) is 17.6 Å². The van der Waals surface area contributed by atoms with E-state index in [1.54, 1.807) is 54.5 Å². The number of ether oxygens (including phenoxy) is 2. The van der Waals surface area contributed by atoms with Crippen molar-refractivity contribution in [3.8, 4) is 5.75 Å². The van der Waals surface area contributed by atoms with Gasteiger partial charge in [-0.1, -0.05) is 17.7 Å². The van der Waals surface area contributed by atoms with Gasteiger partial charge >= 0.3 is 6.09 Å². The van der Waals surface area contributed by atoms with Gasteiger partial charge < -0.3 is 20.1 Å². The molecule has 0 unspecified atom stereocenters. The molecule has 1 aliphatic heterocycles. The SMILES string of the molecule is Cn1ccc([C@H](NC(=O)Oc2ccc3cnc(NC4CCOCC4)nc3c2)c2ccc(Cl)c(F)c2)n1. The zero-order valence-corrected chi connectivity index (χ0v) is 20.2. The summed E-state index contributed by atoms with van der Waals surface area (Å²) in [4.78, 5) is 21.8. The van der Waals surface area contributed by atoms with Gasteiger partial charge in [-0.05, 0) is 48.7 Å². The van der Waals surface area contributed by atoms with Crippen molar-refractivity contribution in [1.29, 1.82) is 0 Å². The third kappa shape index (κ3) is 5.55. The van der Waals surface area contributed by atoms with E-state index in [-0.39, 0.29) is 11.1 Å². The van der Waals surface area contributed by atoms with E-state index < -0.39 is 18.0 Å². The fourth-order valence-electron chi connectivity index (χ4n) is 4.02. The summed E-state index contributed by atoms with van der Waals surface area (Å²) >= 11 is 5.83. The number of halogens is 2. The monoisotopic (exact) mass is 510 g/mol. The molecule has 186 valence electrons. The Morgan fingerprint density at radius 1 is 1.22 bits per heavy atom. The van der Waals surface area contributed by atoms with Crippen LogP contribution in [0.5, 0.6) is 5.75 Å². The maximum Gasteiger partial charge on any atom is 0.413 e. The van der Waals surface area contributed by atoms with Gasteiger partial charge in [0, 0.05) is 50.1 Å². The third-order valence-corrected chi connectivity index (χ3v) is 6.19. The Bertz CT molecular complexity index is 1390. The van der Waals surface area contributed by atoms with E-state index in [1.807, 2.05) is 0 Å². The van der Waals surface area contributed by atoms with Crippen molar-refractivity contribution < 1.29 is 18.7 Å². The second-order valence-electron chi connectivity index (χ2n) is 8.50. The van der Waals surface area contributed by atoms with Crippen molar-refractivity contribution in [2.45, 2.75) is 24.9 Å². The van der Waals surface area contributed by atoms with Crippen LogP contribution in [0.3, 0.4) is 0 Å². The van der Waals surface area contributed by atoms with E-state index in [9.17, 15) is 9.18 Å². The summed E-state index contributed by atoms with van der Waals surface area (Å²) in [6.45, 7) is 1.42. The molecule has 1 atom stereocenters. The number of nitrogens with one attached hydrogen (secondary N) is 2. The minimum atomic E-state index is -0.747. The van der Waals surface area contributed by atoms with Crippen LogP contribution in [0, 0.1) is 5.82 Å². The highest BCUT2D eigenvalue weighted by Crippen LogP contribution is 2.26. The van der Waals surface area contributed by atoms with Crippen LogP contribution in [-0.4, -0.2) is 45.1 Å². The Kier molecular flexibility index (Phi) is 6.97. The molecule has 0 aliphatic carbocycles. The first-order valence-electron chi connectivity index (χ1n) is 11.5. The molecule has 9 nitrogen and oxygen atoms in total. The lowest BCUT2D eigenvalue weighted by Crippen LogP contribution is -2.32. The number of aryl methyl sites for hydroxylation is 1. The van der Waals surface area contributed by atoms with Crippen LogP contribution < -0.4 is 15.4 Å². The number of carbonyl (C=O) groups is 1. The predicted octanol–water partition coefficient (Wildman–Crippen LogP) is 4.62. The molecule has 1 amide bonds. The number of carbonyl (C=O) groups excluding carboxylic acids is 1. The van der Waals surface area contributed by atoms with Gasteiger partial charge in [-0.25, -0.2) is 19.2 Å². The highest BCUT2D eigenvalue weighted by molar-refractivity contribution is 6.30. The van der Waals surface area contributed by atoms with Crippen LogP contribution in [0.1, 0.15) is 30.1 Å². The van der Waals surface area contributed by atoms with Crippen LogP contribution in [-0.2, 0) is 11.8 Å². The standard InChI is InChI=1S/C25H24ClFN6O3/c1-33-9-6-21(32-33)23(15-3-5-19(26)20(27)12-15)31-25(34)36-18-4-2-16-14-28-24(30-22(16)13-18)29-17-7-10-35-11-8-17/h2-6,9,12-14,17,23H,7-8,10-11H2,1H3,(H,31,34)(H,28,29,30)/t23-/m1/s1. The molecule has 0 radical (unpaired) electrons. The fraction of sp³-hybridized carbons (Fsp3) is 0.280. The zero-order valence-electron chi connectivity index (χ0n) is 19.4. The summed E-state index contributed by atoms with van der Waals surface area (Å²) in [7, 11) is 1.75. The molecule has 1 aliphatic rings. The number of fused-ring (bicyclic) bond motifs is 1. The van der Waals surface area contributed by atoms with Crippen molar-refractivity contribution >= 4 is 34.5 Å². The molecule has 3 heterocycles. The summed E-state index contributed by atoms with van der Waals surface area (Å²) in [6.07, 6.45) is 4.51. The summed E-state index contributed by atoms with van der Waals surface area (Å²) in [6, 6.07) is 10.7. The molecule has 2 aromatic carbocycles. The van der Waals surface area contributed by atoms with Crippen molar-refractivity contribution in [2.24, 2.45) is 7.05 Å². The highest BCUT2D eigenvalue weighted by Gasteiger charge is 2.22. The molecule has 1 saturated heterocycles. The van der Waals surface area contributed by atoms with Gasteiger partial charge in [0.25, 0.3) is 0 Å². The van der Waals surface area contributed by atoms with Crippen LogP contribution in [0.2, 0.25) is 5.02 Å².